The zero-order valence-electron chi connectivity index (χ0n) is 10.1. The number of rotatable bonds is 1. The normalized spacial score (nSPS) is 21.5. The highest BCUT2D eigenvalue weighted by Crippen LogP contribution is 2.40. The monoisotopic (exact) mass is 291 g/mol. The molecule has 1 atom stereocenters. The van der Waals surface area contributed by atoms with Crippen LogP contribution in [0.5, 0.6) is 5.75 Å². The maximum atomic E-state index is 11.3. The summed E-state index contributed by atoms with van der Waals surface area (Å²) in [7, 11) is 0. The van der Waals surface area contributed by atoms with E-state index in [9.17, 15) is 9.90 Å². The molecule has 1 aromatic rings. The number of hydrogen-bond donors (Lipinski definition) is 2. The Balaban J connectivity index is 0.00000162. The van der Waals surface area contributed by atoms with Crippen LogP contribution in [0.1, 0.15) is 25.5 Å². The van der Waals surface area contributed by atoms with Crippen molar-refractivity contribution in [3.63, 3.8) is 0 Å². The molecule has 2 N–H and O–H groups in total. The number of phenolic OH excluding ortho intramolecular Hbond substituents is 1. The number of aromatic hydroxyl groups is 1. The van der Waals surface area contributed by atoms with E-state index in [1.165, 1.54) is 6.07 Å². The van der Waals surface area contributed by atoms with Crippen molar-refractivity contribution in [2.75, 3.05) is 6.61 Å². The van der Waals surface area contributed by atoms with Crippen LogP contribution in [0.3, 0.4) is 0 Å². The van der Waals surface area contributed by atoms with Gasteiger partial charge in [0.25, 0.3) is 0 Å². The zero-order chi connectivity index (χ0) is 12.6. The molecule has 0 unspecified atom stereocenters. The van der Waals surface area contributed by atoms with Crippen LogP contribution in [0.15, 0.2) is 18.2 Å². The number of halogens is 2. The summed E-state index contributed by atoms with van der Waals surface area (Å²) in [5, 5.41) is 13.1. The fraction of sp³-hybridized carbons (Fsp3) is 0.417. The molecule has 2 rings (SSSR count). The Morgan fingerprint density at radius 2 is 2.17 bits per heavy atom. The Kier molecular flexibility index (Phi) is 4.35. The van der Waals surface area contributed by atoms with E-state index >= 15 is 0 Å². The molecule has 4 nitrogen and oxygen atoms in total. The summed E-state index contributed by atoms with van der Waals surface area (Å²) < 4.78 is 4.95. The van der Waals surface area contributed by atoms with Crippen molar-refractivity contribution in [1.82, 2.24) is 5.32 Å². The second-order valence-corrected chi connectivity index (χ2v) is 5.28. The quantitative estimate of drug-likeness (QED) is 0.835. The van der Waals surface area contributed by atoms with E-state index in [0.29, 0.717) is 17.2 Å². The molecule has 0 spiro atoms. The molecule has 1 saturated heterocycles. The van der Waals surface area contributed by atoms with E-state index in [1.807, 2.05) is 13.8 Å². The second kappa shape index (κ2) is 5.24. The Bertz CT molecular complexity index is 463. The minimum atomic E-state index is -0.478. The third-order valence-electron chi connectivity index (χ3n) is 2.92. The minimum Gasteiger partial charge on any atom is -0.508 e. The molecule has 1 aromatic carbocycles. The minimum absolute atomic E-state index is 0. The smallest absolute Gasteiger partial charge is 0.407 e. The van der Waals surface area contributed by atoms with Crippen LogP contribution >= 0.6 is 24.0 Å². The van der Waals surface area contributed by atoms with Gasteiger partial charge in [-0.25, -0.2) is 4.79 Å². The number of carbonyl (C=O) groups is 1. The average Bonchev–Trinajstić information content (AvgIpc) is 2.26. The molecule has 1 fully saturated rings. The number of alkyl carbamates (subject to hydrolysis) is 1. The van der Waals surface area contributed by atoms with Crippen LogP contribution in [0, 0.1) is 5.41 Å². The van der Waals surface area contributed by atoms with Gasteiger partial charge in [0.2, 0.25) is 0 Å². The molecule has 0 aromatic heterocycles. The standard InChI is InChI=1S/C12H14ClNO3.ClH/c1-12(2)6-17-11(16)14-10(12)8-5-7(13)3-4-9(8)15;/h3-5,10,15H,6H2,1-2H3,(H,14,16);1H/t10-;/m0./s1. The molecule has 1 heterocycles. The number of hydrogen-bond acceptors (Lipinski definition) is 3. The molecule has 0 bridgehead atoms. The Labute approximate surface area is 117 Å². The topological polar surface area (TPSA) is 58.6 Å². The number of phenols is 1. The van der Waals surface area contributed by atoms with Gasteiger partial charge in [0.15, 0.2) is 0 Å². The molecule has 1 aliphatic rings. The van der Waals surface area contributed by atoms with Gasteiger partial charge in [-0.2, -0.15) is 0 Å². The van der Waals surface area contributed by atoms with Crippen LogP contribution < -0.4 is 5.32 Å². The van der Waals surface area contributed by atoms with Crippen LogP contribution in [-0.2, 0) is 4.74 Å². The number of benzene rings is 1. The fourth-order valence-electron chi connectivity index (χ4n) is 1.95. The van der Waals surface area contributed by atoms with Gasteiger partial charge in [-0.3, -0.25) is 0 Å². The van der Waals surface area contributed by atoms with Crippen molar-refractivity contribution < 1.29 is 14.6 Å². The van der Waals surface area contributed by atoms with Gasteiger partial charge in [-0.15, -0.1) is 12.4 Å². The van der Waals surface area contributed by atoms with Crippen LogP contribution in [0.2, 0.25) is 5.02 Å². The van der Waals surface area contributed by atoms with E-state index in [4.69, 9.17) is 16.3 Å². The lowest BCUT2D eigenvalue weighted by Gasteiger charge is -2.38. The lowest BCUT2D eigenvalue weighted by Crippen LogP contribution is -2.46. The van der Waals surface area contributed by atoms with Crippen molar-refractivity contribution in [2.24, 2.45) is 5.41 Å². The molecule has 0 aliphatic carbocycles. The molecular formula is C12H15Cl2NO3. The number of ether oxygens (including phenoxy) is 1. The summed E-state index contributed by atoms with van der Waals surface area (Å²) in [6.07, 6.45) is -0.478. The van der Waals surface area contributed by atoms with Gasteiger partial charge in [-0.1, -0.05) is 25.4 Å². The third kappa shape index (κ3) is 2.82. The molecular weight excluding hydrogens is 277 g/mol. The van der Waals surface area contributed by atoms with E-state index in [1.54, 1.807) is 12.1 Å². The molecule has 100 valence electrons. The Hall–Kier alpha value is -1.13. The lowest BCUT2D eigenvalue weighted by molar-refractivity contribution is 0.0381. The van der Waals surface area contributed by atoms with Gasteiger partial charge in [0.05, 0.1) is 6.04 Å². The van der Waals surface area contributed by atoms with E-state index < -0.39 is 6.09 Å². The zero-order valence-corrected chi connectivity index (χ0v) is 11.6. The number of cyclic esters (lactones) is 1. The van der Waals surface area contributed by atoms with E-state index in [0.717, 1.165) is 0 Å². The second-order valence-electron chi connectivity index (χ2n) is 4.85. The van der Waals surface area contributed by atoms with Crippen molar-refractivity contribution in [3.05, 3.63) is 28.8 Å². The Morgan fingerprint density at radius 3 is 2.83 bits per heavy atom. The highest BCUT2D eigenvalue weighted by Gasteiger charge is 2.39. The summed E-state index contributed by atoms with van der Waals surface area (Å²) in [5.41, 5.74) is 0.301. The van der Waals surface area contributed by atoms with Gasteiger partial charge >= 0.3 is 6.09 Å². The number of nitrogens with one attached hydrogen (secondary N) is 1. The predicted molar refractivity (Wildman–Crippen MR) is 71.4 cm³/mol. The predicted octanol–water partition coefficient (Wildman–Crippen LogP) is 3.27. The van der Waals surface area contributed by atoms with Crippen LogP contribution in [0.4, 0.5) is 4.79 Å². The summed E-state index contributed by atoms with van der Waals surface area (Å²) in [6, 6.07) is 4.47. The first-order chi connectivity index (χ1) is 7.90. The van der Waals surface area contributed by atoms with Crippen molar-refractivity contribution in [3.8, 4) is 5.75 Å². The summed E-state index contributed by atoms with van der Waals surface area (Å²) in [6.45, 7) is 4.21. The van der Waals surface area contributed by atoms with E-state index in [2.05, 4.69) is 5.32 Å². The number of carbonyl (C=O) groups excluding carboxylic acids is 1. The molecule has 0 radical (unpaired) electrons. The first-order valence-corrected chi connectivity index (χ1v) is 5.70. The Morgan fingerprint density at radius 1 is 1.50 bits per heavy atom. The summed E-state index contributed by atoms with van der Waals surface area (Å²) in [5.74, 6) is 0.120. The third-order valence-corrected chi connectivity index (χ3v) is 3.15. The molecule has 6 heteroatoms. The fourth-order valence-corrected chi connectivity index (χ4v) is 2.13. The first-order valence-electron chi connectivity index (χ1n) is 5.32. The van der Waals surface area contributed by atoms with Crippen LogP contribution in [-0.4, -0.2) is 17.8 Å². The van der Waals surface area contributed by atoms with Gasteiger partial charge in [-0.05, 0) is 18.2 Å². The van der Waals surface area contributed by atoms with Gasteiger partial charge < -0.3 is 15.2 Å². The van der Waals surface area contributed by atoms with Crippen molar-refractivity contribution >= 4 is 30.1 Å². The first kappa shape index (κ1) is 14.9. The highest BCUT2D eigenvalue weighted by molar-refractivity contribution is 6.30. The molecule has 0 saturated carbocycles. The SMILES string of the molecule is CC1(C)COC(=O)N[C@H]1c1cc(Cl)ccc1O.Cl. The van der Waals surface area contributed by atoms with Gasteiger partial charge in [0, 0.05) is 16.0 Å². The maximum absolute atomic E-state index is 11.3. The summed E-state index contributed by atoms with van der Waals surface area (Å²) in [4.78, 5) is 11.3. The average molecular weight is 292 g/mol. The molecule has 18 heavy (non-hydrogen) atoms. The van der Waals surface area contributed by atoms with E-state index in [-0.39, 0.29) is 29.6 Å². The number of amides is 1. The summed E-state index contributed by atoms with van der Waals surface area (Å²) >= 11 is 5.91. The van der Waals surface area contributed by atoms with Crippen molar-refractivity contribution in [2.45, 2.75) is 19.9 Å². The maximum Gasteiger partial charge on any atom is 0.407 e. The highest BCUT2D eigenvalue weighted by atomic mass is 35.5. The van der Waals surface area contributed by atoms with Crippen molar-refractivity contribution in [1.29, 1.82) is 0 Å². The molecule has 1 amide bonds. The lowest BCUT2D eigenvalue weighted by atomic mass is 9.80. The largest absolute Gasteiger partial charge is 0.508 e. The molecule has 1 aliphatic heterocycles. The van der Waals surface area contributed by atoms with Gasteiger partial charge in [0.1, 0.15) is 12.4 Å². The van der Waals surface area contributed by atoms with Crippen LogP contribution in [0.25, 0.3) is 0 Å².